The zero-order valence-corrected chi connectivity index (χ0v) is 10.3. The molecule has 0 fully saturated rings. The summed E-state index contributed by atoms with van der Waals surface area (Å²) in [6.07, 6.45) is 1.21. The van der Waals surface area contributed by atoms with Crippen molar-refractivity contribution in [2.45, 2.75) is 26.4 Å². The van der Waals surface area contributed by atoms with Crippen LogP contribution >= 0.6 is 0 Å². The van der Waals surface area contributed by atoms with Crippen LogP contribution in [0.2, 0.25) is 0 Å². The Balaban J connectivity index is 2.44. The zero-order valence-electron chi connectivity index (χ0n) is 10.3. The number of Topliss-reactive ketones (excluding diaryl/α,β-unsaturated/α-hetero) is 1. The van der Waals surface area contributed by atoms with E-state index in [1.165, 1.54) is 12.1 Å². The fraction of sp³-hybridized carbons (Fsp3) is 0.357. The van der Waals surface area contributed by atoms with Gasteiger partial charge in [0.1, 0.15) is 11.5 Å². The highest BCUT2D eigenvalue weighted by Gasteiger charge is 2.41. The van der Waals surface area contributed by atoms with Gasteiger partial charge in [-0.25, -0.2) is 0 Å². The first-order valence-electron chi connectivity index (χ1n) is 5.84. The molecule has 18 heavy (non-hydrogen) atoms. The van der Waals surface area contributed by atoms with Crippen LogP contribution in [0.4, 0.5) is 0 Å². The SMILES string of the molecule is CC(C)=CC[C@@H]1C(=O)c2c(O)ccc(O)c2[C@@H]1O. The molecule has 1 aromatic carbocycles. The molecule has 0 aliphatic heterocycles. The van der Waals surface area contributed by atoms with Crippen molar-refractivity contribution < 1.29 is 20.1 Å². The number of aromatic hydroxyl groups is 2. The fourth-order valence-corrected chi connectivity index (χ4v) is 2.28. The summed E-state index contributed by atoms with van der Waals surface area (Å²) in [7, 11) is 0. The lowest BCUT2D eigenvalue weighted by atomic mass is 9.97. The highest BCUT2D eigenvalue weighted by molar-refractivity contribution is 6.05. The van der Waals surface area contributed by atoms with Crippen molar-refractivity contribution in [3.8, 4) is 11.5 Å². The van der Waals surface area contributed by atoms with Gasteiger partial charge >= 0.3 is 0 Å². The van der Waals surface area contributed by atoms with Gasteiger partial charge in [-0.1, -0.05) is 11.6 Å². The van der Waals surface area contributed by atoms with Gasteiger partial charge in [0.2, 0.25) is 0 Å². The Morgan fingerprint density at radius 1 is 1.28 bits per heavy atom. The van der Waals surface area contributed by atoms with Crippen LogP contribution in [-0.2, 0) is 0 Å². The standard InChI is InChI=1S/C14H16O4/c1-7(2)3-4-8-13(17)11-9(15)5-6-10(16)12(11)14(8)18/h3,5-6,8,13,15-17H,4H2,1-2H3/t8-,13+/m0/s1. The maximum atomic E-state index is 12.1. The van der Waals surface area contributed by atoms with E-state index in [0.717, 1.165) is 5.57 Å². The molecule has 4 heteroatoms. The third-order valence-electron chi connectivity index (χ3n) is 3.24. The molecule has 0 saturated heterocycles. The Kier molecular flexibility index (Phi) is 3.13. The zero-order chi connectivity index (χ0) is 13.4. The normalized spacial score (nSPS) is 21.8. The molecule has 0 heterocycles. The lowest BCUT2D eigenvalue weighted by Gasteiger charge is -2.12. The number of carbonyl (C=O) groups is 1. The number of ketones is 1. The third-order valence-corrected chi connectivity index (χ3v) is 3.24. The molecule has 0 radical (unpaired) electrons. The highest BCUT2D eigenvalue weighted by atomic mass is 16.3. The molecule has 0 amide bonds. The second-order valence-electron chi connectivity index (χ2n) is 4.83. The first-order valence-corrected chi connectivity index (χ1v) is 5.84. The van der Waals surface area contributed by atoms with Crippen molar-refractivity contribution in [2.75, 3.05) is 0 Å². The number of rotatable bonds is 2. The summed E-state index contributed by atoms with van der Waals surface area (Å²) in [4.78, 5) is 12.1. The third kappa shape index (κ3) is 1.88. The van der Waals surface area contributed by atoms with Gasteiger partial charge in [0.25, 0.3) is 0 Å². The van der Waals surface area contributed by atoms with E-state index in [2.05, 4.69) is 0 Å². The van der Waals surface area contributed by atoms with E-state index >= 15 is 0 Å². The van der Waals surface area contributed by atoms with Crippen molar-refractivity contribution in [3.63, 3.8) is 0 Å². The van der Waals surface area contributed by atoms with E-state index in [-0.39, 0.29) is 28.4 Å². The smallest absolute Gasteiger partial charge is 0.173 e. The predicted octanol–water partition coefficient (Wildman–Crippen LogP) is 2.30. The molecule has 1 aromatic rings. The van der Waals surface area contributed by atoms with Gasteiger partial charge in [0, 0.05) is 5.56 Å². The van der Waals surface area contributed by atoms with Gasteiger partial charge in [-0.3, -0.25) is 4.79 Å². The van der Waals surface area contributed by atoms with Crippen LogP contribution in [-0.4, -0.2) is 21.1 Å². The number of phenols is 2. The van der Waals surface area contributed by atoms with Gasteiger partial charge in [-0.15, -0.1) is 0 Å². The van der Waals surface area contributed by atoms with Crippen molar-refractivity contribution in [3.05, 3.63) is 34.9 Å². The number of hydrogen-bond donors (Lipinski definition) is 3. The number of fused-ring (bicyclic) bond motifs is 1. The van der Waals surface area contributed by atoms with E-state index in [1.54, 1.807) is 0 Å². The maximum Gasteiger partial charge on any atom is 0.173 e. The van der Waals surface area contributed by atoms with Crippen LogP contribution in [0.15, 0.2) is 23.8 Å². The molecular formula is C14H16O4. The molecule has 0 spiro atoms. The van der Waals surface area contributed by atoms with Gasteiger partial charge in [-0.2, -0.15) is 0 Å². The number of allylic oxidation sites excluding steroid dienone is 2. The van der Waals surface area contributed by atoms with Crippen LogP contribution in [0.1, 0.15) is 42.3 Å². The maximum absolute atomic E-state index is 12.1. The number of benzene rings is 1. The van der Waals surface area contributed by atoms with E-state index in [1.807, 2.05) is 19.9 Å². The lowest BCUT2D eigenvalue weighted by Crippen LogP contribution is -2.12. The average molecular weight is 248 g/mol. The number of aliphatic hydroxyl groups excluding tert-OH is 1. The summed E-state index contributed by atoms with van der Waals surface area (Å²) in [6.45, 7) is 3.82. The van der Waals surface area contributed by atoms with Crippen LogP contribution < -0.4 is 0 Å². The molecule has 1 aliphatic rings. The Morgan fingerprint density at radius 2 is 1.89 bits per heavy atom. The van der Waals surface area contributed by atoms with Crippen molar-refractivity contribution in [2.24, 2.45) is 5.92 Å². The second kappa shape index (κ2) is 4.46. The van der Waals surface area contributed by atoms with Crippen molar-refractivity contribution >= 4 is 5.78 Å². The predicted molar refractivity (Wildman–Crippen MR) is 66.6 cm³/mol. The van der Waals surface area contributed by atoms with E-state index in [0.29, 0.717) is 6.42 Å². The van der Waals surface area contributed by atoms with E-state index in [9.17, 15) is 20.1 Å². The van der Waals surface area contributed by atoms with Crippen LogP contribution in [0.25, 0.3) is 0 Å². The molecule has 3 N–H and O–H groups in total. The lowest BCUT2D eigenvalue weighted by molar-refractivity contribution is 0.0758. The van der Waals surface area contributed by atoms with Crippen molar-refractivity contribution in [1.82, 2.24) is 0 Å². The summed E-state index contributed by atoms with van der Waals surface area (Å²) in [5, 5.41) is 29.5. The summed E-state index contributed by atoms with van der Waals surface area (Å²) in [5.74, 6) is -1.28. The fourth-order valence-electron chi connectivity index (χ4n) is 2.28. The summed E-state index contributed by atoms with van der Waals surface area (Å²) in [6, 6.07) is 2.55. The molecule has 2 rings (SSSR count). The van der Waals surface area contributed by atoms with Gasteiger partial charge in [-0.05, 0) is 32.4 Å². The molecule has 0 aromatic heterocycles. The molecule has 4 nitrogen and oxygen atoms in total. The van der Waals surface area contributed by atoms with Crippen LogP contribution in [0.5, 0.6) is 11.5 Å². The Hall–Kier alpha value is -1.81. The highest BCUT2D eigenvalue weighted by Crippen LogP contribution is 2.46. The molecule has 0 unspecified atom stereocenters. The minimum Gasteiger partial charge on any atom is -0.508 e. The van der Waals surface area contributed by atoms with Crippen LogP contribution in [0.3, 0.4) is 0 Å². The second-order valence-corrected chi connectivity index (χ2v) is 4.83. The first-order chi connectivity index (χ1) is 8.43. The minimum absolute atomic E-state index is 0.0506. The average Bonchev–Trinajstić information content (AvgIpc) is 2.55. The molecule has 0 bridgehead atoms. The van der Waals surface area contributed by atoms with E-state index in [4.69, 9.17) is 0 Å². The molecule has 96 valence electrons. The van der Waals surface area contributed by atoms with Gasteiger partial charge in [0.15, 0.2) is 5.78 Å². The molecular weight excluding hydrogens is 232 g/mol. The Morgan fingerprint density at radius 3 is 2.44 bits per heavy atom. The monoisotopic (exact) mass is 248 g/mol. The number of carbonyl (C=O) groups excluding carboxylic acids is 1. The minimum atomic E-state index is -1.06. The van der Waals surface area contributed by atoms with E-state index < -0.39 is 12.0 Å². The topological polar surface area (TPSA) is 77.8 Å². The van der Waals surface area contributed by atoms with Gasteiger partial charge < -0.3 is 15.3 Å². The number of phenolic OH excluding ortho intramolecular Hbond substituents is 2. The Bertz CT molecular complexity index is 527. The molecule has 0 saturated carbocycles. The first kappa shape index (κ1) is 12.6. The quantitative estimate of drug-likeness (QED) is 0.554. The molecule has 2 atom stereocenters. The Labute approximate surface area is 105 Å². The van der Waals surface area contributed by atoms with Crippen LogP contribution in [0, 0.1) is 5.92 Å². The molecule has 1 aliphatic carbocycles. The largest absolute Gasteiger partial charge is 0.508 e. The number of hydrogen-bond acceptors (Lipinski definition) is 4. The van der Waals surface area contributed by atoms with Crippen molar-refractivity contribution in [1.29, 1.82) is 0 Å². The summed E-state index contributed by atoms with van der Waals surface area (Å²) < 4.78 is 0. The summed E-state index contributed by atoms with van der Waals surface area (Å²) >= 11 is 0. The van der Waals surface area contributed by atoms with Gasteiger partial charge in [0.05, 0.1) is 17.6 Å². The summed E-state index contributed by atoms with van der Waals surface area (Å²) in [5.41, 5.74) is 1.25. The number of aliphatic hydroxyl groups is 1.